The Hall–Kier alpha value is -0.633. The van der Waals surface area contributed by atoms with E-state index in [9.17, 15) is 0 Å². The topological polar surface area (TPSA) is 65.4 Å². The van der Waals surface area contributed by atoms with Gasteiger partial charge in [-0.3, -0.25) is 0 Å². The van der Waals surface area contributed by atoms with Gasteiger partial charge in [0.05, 0.1) is 11.1 Å². The van der Waals surface area contributed by atoms with E-state index in [4.69, 9.17) is 21.8 Å². The van der Waals surface area contributed by atoms with Gasteiger partial charge in [0, 0.05) is 5.56 Å². The lowest BCUT2D eigenvalue weighted by Gasteiger charge is -2.16. The lowest BCUT2D eigenvalue weighted by Crippen LogP contribution is -2.12. The van der Waals surface area contributed by atoms with Gasteiger partial charge in [-0.05, 0) is 21.0 Å². The minimum absolute atomic E-state index is 0.247. The van der Waals surface area contributed by atoms with Gasteiger partial charge in [0.1, 0.15) is 17.0 Å². The van der Waals surface area contributed by atoms with Crippen molar-refractivity contribution < 1.29 is 4.43 Å². The number of hydrogen-bond acceptors (Lipinski definition) is 4. The lowest BCUT2D eigenvalue weighted by atomic mass is 10.3. The Morgan fingerprint density at radius 2 is 2.21 bits per heavy atom. The van der Waals surface area contributed by atoms with Crippen LogP contribution in [0.3, 0.4) is 0 Å². The highest BCUT2D eigenvalue weighted by molar-refractivity contribution is 9.10. The van der Waals surface area contributed by atoms with Crippen molar-refractivity contribution in [1.82, 2.24) is 14.6 Å². The molecule has 0 saturated heterocycles. The van der Waals surface area contributed by atoms with Crippen LogP contribution in [0, 0.1) is 0 Å². The Morgan fingerprint density at radius 1 is 1.53 bits per heavy atom. The highest BCUT2D eigenvalue weighted by Gasteiger charge is 2.19. The van der Waals surface area contributed by atoms with E-state index >= 15 is 0 Å². The summed E-state index contributed by atoms with van der Waals surface area (Å²) in [6.45, 7) is 6.99. The van der Waals surface area contributed by atoms with Crippen LogP contribution in [0.5, 0.6) is 0 Å². The zero-order valence-corrected chi connectivity index (χ0v) is 14.8. The van der Waals surface area contributed by atoms with Gasteiger partial charge in [-0.1, -0.05) is 32.4 Å². The number of nitrogens with zero attached hydrogens (tertiary/aromatic N) is 3. The number of fused-ring (bicyclic) bond motifs is 1. The van der Waals surface area contributed by atoms with Gasteiger partial charge in [0.15, 0.2) is 15.6 Å². The Balaban J connectivity index is 2.31. The smallest absolute Gasteiger partial charge is 0.167 e. The zero-order chi connectivity index (χ0) is 14.2. The quantitative estimate of drug-likeness (QED) is 0.851. The number of aromatic nitrogens is 3. The SMILES string of the molecule is CC(C)(C)[SiH2]OCc1c(Br)c2c(N)ncnn2c1Cl. The molecule has 8 heteroatoms. The lowest BCUT2D eigenvalue weighted by molar-refractivity contribution is 0.309. The molecule has 0 spiro atoms. The van der Waals surface area contributed by atoms with Gasteiger partial charge in [0.25, 0.3) is 0 Å². The maximum atomic E-state index is 6.31. The van der Waals surface area contributed by atoms with Gasteiger partial charge >= 0.3 is 0 Å². The molecule has 0 fully saturated rings. The minimum Gasteiger partial charge on any atom is -0.419 e. The van der Waals surface area contributed by atoms with Crippen molar-refractivity contribution in [1.29, 1.82) is 0 Å². The van der Waals surface area contributed by atoms with Crippen molar-refractivity contribution in [3.05, 3.63) is 21.5 Å². The Kier molecular flexibility index (Phi) is 4.19. The molecule has 2 rings (SSSR count). The van der Waals surface area contributed by atoms with Crippen molar-refractivity contribution >= 4 is 48.6 Å². The highest BCUT2D eigenvalue weighted by atomic mass is 79.9. The average Bonchev–Trinajstić information content (AvgIpc) is 2.54. The third kappa shape index (κ3) is 3.10. The standard InChI is InChI=1S/C11H16BrClN4OSi/c1-11(2,3)19-18-4-6-7(12)8-10(14)15-5-16-17(8)9(6)13/h5H,4,19H2,1-3H3,(H2,14,15,16). The Bertz CT molecular complexity index is 611. The molecule has 104 valence electrons. The Labute approximate surface area is 127 Å². The van der Waals surface area contributed by atoms with Crippen molar-refractivity contribution in [2.24, 2.45) is 0 Å². The summed E-state index contributed by atoms with van der Waals surface area (Å²) in [6.07, 6.45) is 1.38. The van der Waals surface area contributed by atoms with E-state index < -0.39 is 9.76 Å². The maximum absolute atomic E-state index is 6.31. The molecule has 2 heterocycles. The first-order chi connectivity index (χ1) is 8.81. The number of hydrogen-bond donors (Lipinski definition) is 1. The summed E-state index contributed by atoms with van der Waals surface area (Å²) in [7, 11) is -0.628. The van der Waals surface area contributed by atoms with Crippen LogP contribution < -0.4 is 5.73 Å². The molecule has 0 radical (unpaired) electrons. The predicted molar refractivity (Wildman–Crippen MR) is 83.2 cm³/mol. The van der Waals surface area contributed by atoms with Gasteiger partial charge in [-0.15, -0.1) is 0 Å². The molecular formula is C11H16BrClN4OSi. The second kappa shape index (κ2) is 5.39. The van der Waals surface area contributed by atoms with Crippen molar-refractivity contribution in [2.75, 3.05) is 5.73 Å². The molecule has 2 aromatic heterocycles. The Morgan fingerprint density at radius 3 is 2.79 bits per heavy atom. The number of rotatable bonds is 3. The third-order valence-corrected chi connectivity index (χ3v) is 5.02. The van der Waals surface area contributed by atoms with Crippen molar-refractivity contribution in [2.45, 2.75) is 32.4 Å². The number of nitrogen functional groups attached to an aromatic ring is 1. The van der Waals surface area contributed by atoms with E-state index in [-0.39, 0.29) is 5.04 Å². The second-order valence-electron chi connectivity index (χ2n) is 5.54. The van der Waals surface area contributed by atoms with Gasteiger partial charge in [0.2, 0.25) is 0 Å². The maximum Gasteiger partial charge on any atom is 0.167 e. The van der Waals surface area contributed by atoms with E-state index in [0.29, 0.717) is 23.1 Å². The fourth-order valence-electron chi connectivity index (χ4n) is 1.66. The molecule has 5 nitrogen and oxygen atoms in total. The number of anilines is 1. The molecule has 0 aliphatic heterocycles. The largest absolute Gasteiger partial charge is 0.419 e. The summed E-state index contributed by atoms with van der Waals surface area (Å²) in [5.41, 5.74) is 7.39. The summed E-state index contributed by atoms with van der Waals surface area (Å²) in [4.78, 5) is 3.97. The van der Waals surface area contributed by atoms with E-state index in [1.54, 1.807) is 4.52 Å². The summed E-state index contributed by atoms with van der Waals surface area (Å²) in [6, 6.07) is 0. The fraction of sp³-hybridized carbons (Fsp3) is 0.455. The van der Waals surface area contributed by atoms with Crippen LogP contribution >= 0.6 is 27.5 Å². The normalized spacial score (nSPS) is 12.9. The van der Waals surface area contributed by atoms with Gasteiger partial charge < -0.3 is 10.2 Å². The monoisotopic (exact) mass is 362 g/mol. The molecule has 19 heavy (non-hydrogen) atoms. The predicted octanol–water partition coefficient (Wildman–Crippen LogP) is 2.55. The molecule has 0 amide bonds. The molecule has 0 aliphatic rings. The fourth-order valence-corrected chi connectivity index (χ4v) is 3.65. The van der Waals surface area contributed by atoms with Crippen LogP contribution in [0.1, 0.15) is 26.3 Å². The van der Waals surface area contributed by atoms with Crippen LogP contribution in [0.4, 0.5) is 5.82 Å². The van der Waals surface area contributed by atoms with Crippen molar-refractivity contribution in [3.8, 4) is 0 Å². The first-order valence-electron chi connectivity index (χ1n) is 5.84. The van der Waals surface area contributed by atoms with E-state index in [1.807, 2.05) is 0 Å². The molecular weight excluding hydrogens is 348 g/mol. The molecule has 2 aromatic rings. The van der Waals surface area contributed by atoms with Crippen LogP contribution in [-0.2, 0) is 11.0 Å². The van der Waals surface area contributed by atoms with Crippen LogP contribution in [-0.4, -0.2) is 24.4 Å². The average molecular weight is 364 g/mol. The zero-order valence-electron chi connectivity index (χ0n) is 11.1. The molecule has 0 unspecified atom stereocenters. The first-order valence-corrected chi connectivity index (χ1v) is 8.29. The minimum atomic E-state index is -0.628. The summed E-state index contributed by atoms with van der Waals surface area (Å²) >= 11 is 9.81. The summed E-state index contributed by atoms with van der Waals surface area (Å²) in [5.74, 6) is 0.392. The first kappa shape index (κ1) is 14.8. The highest BCUT2D eigenvalue weighted by Crippen LogP contribution is 2.34. The molecule has 0 atom stereocenters. The second-order valence-corrected chi connectivity index (χ2v) is 9.51. The van der Waals surface area contributed by atoms with Gasteiger partial charge in [-0.2, -0.15) is 5.10 Å². The van der Waals surface area contributed by atoms with E-state index in [2.05, 4.69) is 46.8 Å². The molecule has 0 aliphatic carbocycles. The molecule has 0 aromatic carbocycles. The number of nitrogens with two attached hydrogens (primary N) is 1. The molecule has 2 N–H and O–H groups in total. The third-order valence-electron chi connectivity index (χ3n) is 2.51. The van der Waals surface area contributed by atoms with E-state index in [0.717, 1.165) is 10.0 Å². The number of halogens is 2. The van der Waals surface area contributed by atoms with Gasteiger partial charge in [-0.25, -0.2) is 9.50 Å². The molecule has 0 bridgehead atoms. The van der Waals surface area contributed by atoms with E-state index in [1.165, 1.54) is 6.33 Å². The molecule has 0 saturated carbocycles. The summed E-state index contributed by atoms with van der Waals surface area (Å²) in [5, 5.41) is 4.86. The van der Waals surface area contributed by atoms with Crippen LogP contribution in [0.15, 0.2) is 10.8 Å². The van der Waals surface area contributed by atoms with Crippen molar-refractivity contribution in [3.63, 3.8) is 0 Å². The van der Waals surface area contributed by atoms with Crippen LogP contribution in [0.25, 0.3) is 5.52 Å². The van der Waals surface area contributed by atoms with Crippen LogP contribution in [0.2, 0.25) is 10.2 Å². The summed E-state index contributed by atoms with van der Waals surface area (Å²) < 4.78 is 8.22.